The molecule has 3 aliphatic rings. The Hall–Kier alpha value is -2.32. The molecule has 7 nitrogen and oxygen atoms in total. The second-order valence-corrected chi connectivity index (χ2v) is 10.6. The second kappa shape index (κ2) is 7.42. The van der Waals surface area contributed by atoms with Gasteiger partial charge in [-0.3, -0.25) is 4.98 Å². The first-order valence-electron chi connectivity index (χ1n) is 10.6. The lowest BCUT2D eigenvalue weighted by Gasteiger charge is -2.39. The van der Waals surface area contributed by atoms with Crippen LogP contribution in [0, 0.1) is 0 Å². The van der Waals surface area contributed by atoms with E-state index in [0.29, 0.717) is 19.1 Å². The van der Waals surface area contributed by atoms with Crippen molar-refractivity contribution >= 4 is 21.8 Å². The number of hydrogen-bond acceptors (Lipinski definition) is 6. The second-order valence-electron chi connectivity index (χ2n) is 8.62. The molecule has 2 aliphatic heterocycles. The first-order chi connectivity index (χ1) is 14.4. The molecule has 0 spiro atoms. The molecule has 0 N–H and O–H groups in total. The third-order valence-corrected chi connectivity index (χ3v) is 7.88. The summed E-state index contributed by atoms with van der Waals surface area (Å²) in [6.45, 7) is 4.08. The minimum Gasteiger partial charge on any atom is -0.363 e. The van der Waals surface area contributed by atoms with E-state index in [4.69, 9.17) is 0 Å². The van der Waals surface area contributed by atoms with E-state index in [1.807, 2.05) is 6.20 Å². The monoisotopic (exact) mass is 425 g/mol. The molecule has 0 amide bonds. The quantitative estimate of drug-likeness (QED) is 0.752. The topological polar surface area (TPSA) is 79.3 Å². The molecule has 1 saturated heterocycles. The lowest BCUT2D eigenvalue weighted by Crippen LogP contribution is -2.42. The SMILES string of the molecule is C[C@@H]1Cc2ncnc(C3CCCN(S(C)(=O)=O)C3)c2CN1c1ccnc2c1C=CC2. The molecule has 8 heteroatoms. The van der Waals surface area contributed by atoms with E-state index in [-0.39, 0.29) is 5.92 Å². The van der Waals surface area contributed by atoms with Crippen LogP contribution in [0.2, 0.25) is 0 Å². The molecule has 2 aromatic rings. The molecular weight excluding hydrogens is 398 g/mol. The van der Waals surface area contributed by atoms with E-state index in [1.54, 1.807) is 10.6 Å². The Balaban J connectivity index is 1.50. The van der Waals surface area contributed by atoms with Gasteiger partial charge >= 0.3 is 0 Å². The number of rotatable bonds is 3. The van der Waals surface area contributed by atoms with E-state index < -0.39 is 10.0 Å². The van der Waals surface area contributed by atoms with Crippen LogP contribution in [0.3, 0.4) is 0 Å². The van der Waals surface area contributed by atoms with Crippen LogP contribution in [0.15, 0.2) is 24.7 Å². The number of sulfonamides is 1. The summed E-state index contributed by atoms with van der Waals surface area (Å²) in [6, 6.07) is 2.42. The fraction of sp³-hybridized carbons (Fsp3) is 0.500. The van der Waals surface area contributed by atoms with Crippen molar-refractivity contribution in [3.63, 3.8) is 0 Å². The fourth-order valence-corrected chi connectivity index (χ4v) is 5.97. The Kier molecular flexibility index (Phi) is 4.86. The first-order valence-corrected chi connectivity index (χ1v) is 12.5. The van der Waals surface area contributed by atoms with Gasteiger partial charge in [-0.1, -0.05) is 12.2 Å². The molecule has 158 valence electrons. The van der Waals surface area contributed by atoms with Crippen molar-refractivity contribution in [3.8, 4) is 0 Å². The van der Waals surface area contributed by atoms with Gasteiger partial charge in [0.2, 0.25) is 10.0 Å². The zero-order valence-corrected chi connectivity index (χ0v) is 18.3. The van der Waals surface area contributed by atoms with Crippen molar-refractivity contribution in [2.24, 2.45) is 0 Å². The van der Waals surface area contributed by atoms with Crippen molar-refractivity contribution in [1.82, 2.24) is 19.3 Å². The van der Waals surface area contributed by atoms with Crippen LogP contribution in [0.1, 0.15) is 53.9 Å². The van der Waals surface area contributed by atoms with Crippen molar-refractivity contribution in [2.45, 2.75) is 51.1 Å². The van der Waals surface area contributed by atoms with E-state index in [9.17, 15) is 8.42 Å². The smallest absolute Gasteiger partial charge is 0.211 e. The maximum atomic E-state index is 12.1. The fourth-order valence-electron chi connectivity index (χ4n) is 5.06. The van der Waals surface area contributed by atoms with Crippen LogP contribution in [-0.4, -0.2) is 53.1 Å². The Morgan fingerprint density at radius 2 is 2.03 bits per heavy atom. The number of fused-ring (bicyclic) bond motifs is 2. The molecule has 0 aromatic carbocycles. The number of anilines is 1. The molecule has 30 heavy (non-hydrogen) atoms. The van der Waals surface area contributed by atoms with Gasteiger partial charge in [0.05, 0.1) is 23.3 Å². The molecule has 5 rings (SSSR count). The van der Waals surface area contributed by atoms with E-state index in [1.165, 1.54) is 23.1 Å². The largest absolute Gasteiger partial charge is 0.363 e. The molecule has 1 fully saturated rings. The highest BCUT2D eigenvalue weighted by atomic mass is 32.2. The first kappa shape index (κ1) is 19.6. The van der Waals surface area contributed by atoms with Crippen molar-refractivity contribution in [2.75, 3.05) is 24.2 Å². The predicted molar refractivity (Wildman–Crippen MR) is 117 cm³/mol. The average Bonchev–Trinajstić information content (AvgIpc) is 3.21. The highest BCUT2D eigenvalue weighted by Gasteiger charge is 2.33. The van der Waals surface area contributed by atoms with E-state index in [0.717, 1.165) is 49.3 Å². The van der Waals surface area contributed by atoms with Gasteiger partial charge in [-0.15, -0.1) is 0 Å². The van der Waals surface area contributed by atoms with Gasteiger partial charge in [0.15, 0.2) is 0 Å². The number of pyridine rings is 1. The zero-order chi connectivity index (χ0) is 20.9. The maximum Gasteiger partial charge on any atom is 0.211 e. The molecular formula is C22H27N5O2S. The summed E-state index contributed by atoms with van der Waals surface area (Å²) in [6.07, 6.45) is 12.8. The van der Waals surface area contributed by atoms with Crippen LogP contribution < -0.4 is 4.90 Å². The molecule has 2 atom stereocenters. The Morgan fingerprint density at radius 1 is 1.17 bits per heavy atom. The zero-order valence-electron chi connectivity index (χ0n) is 17.5. The van der Waals surface area contributed by atoms with E-state index >= 15 is 0 Å². The molecule has 4 heterocycles. The lowest BCUT2D eigenvalue weighted by molar-refractivity contribution is 0.312. The van der Waals surface area contributed by atoms with Gasteiger partial charge in [-0.2, -0.15) is 0 Å². The van der Waals surface area contributed by atoms with Gasteiger partial charge in [0.25, 0.3) is 0 Å². The van der Waals surface area contributed by atoms with Gasteiger partial charge < -0.3 is 4.90 Å². The van der Waals surface area contributed by atoms with Crippen LogP contribution >= 0.6 is 0 Å². The summed E-state index contributed by atoms with van der Waals surface area (Å²) in [5.74, 6) is 0.114. The number of aromatic nitrogens is 3. The number of piperidine rings is 1. The van der Waals surface area contributed by atoms with Crippen LogP contribution in [0.25, 0.3) is 6.08 Å². The molecule has 0 bridgehead atoms. The molecule has 0 saturated carbocycles. The highest BCUT2D eigenvalue weighted by molar-refractivity contribution is 7.88. The summed E-state index contributed by atoms with van der Waals surface area (Å²) < 4.78 is 25.8. The van der Waals surface area contributed by atoms with Crippen molar-refractivity contribution in [1.29, 1.82) is 0 Å². The third-order valence-electron chi connectivity index (χ3n) is 6.61. The number of hydrogen-bond donors (Lipinski definition) is 0. The normalized spacial score (nSPS) is 24.0. The van der Waals surface area contributed by atoms with Crippen molar-refractivity contribution < 1.29 is 8.42 Å². The minimum absolute atomic E-state index is 0.114. The van der Waals surface area contributed by atoms with Gasteiger partial charge in [-0.05, 0) is 25.8 Å². The Morgan fingerprint density at radius 3 is 2.87 bits per heavy atom. The third kappa shape index (κ3) is 3.41. The van der Waals surface area contributed by atoms with Gasteiger partial charge in [0.1, 0.15) is 6.33 Å². The maximum absolute atomic E-state index is 12.1. The summed E-state index contributed by atoms with van der Waals surface area (Å²) in [4.78, 5) is 16.2. The average molecular weight is 426 g/mol. The van der Waals surface area contributed by atoms with Crippen LogP contribution in [0.5, 0.6) is 0 Å². The Bertz CT molecular complexity index is 1110. The summed E-state index contributed by atoms with van der Waals surface area (Å²) in [5.41, 5.74) is 6.85. The molecule has 1 aliphatic carbocycles. The van der Waals surface area contributed by atoms with Gasteiger partial charge in [-0.25, -0.2) is 22.7 Å². The van der Waals surface area contributed by atoms with Gasteiger partial charge in [0, 0.05) is 67.4 Å². The predicted octanol–water partition coefficient (Wildman–Crippen LogP) is 2.53. The Labute approximate surface area is 177 Å². The van der Waals surface area contributed by atoms with Crippen LogP contribution in [0.4, 0.5) is 5.69 Å². The van der Waals surface area contributed by atoms with Crippen LogP contribution in [-0.2, 0) is 29.4 Å². The standard InChI is InChI=1S/C22H27N5O2S/c1-15-11-20-18(13-27(15)21-8-9-23-19-7-3-6-17(19)21)22(25-14-24-20)16-5-4-10-26(12-16)30(2,28)29/h3,6,8-9,14-16H,4-5,7,10-13H2,1-2H3/t15-,16?/m1/s1. The lowest BCUT2D eigenvalue weighted by atomic mass is 9.88. The highest BCUT2D eigenvalue weighted by Crippen LogP contribution is 2.37. The number of nitrogens with zero attached hydrogens (tertiary/aromatic N) is 5. The molecule has 0 radical (unpaired) electrons. The summed E-state index contributed by atoms with van der Waals surface area (Å²) in [5, 5.41) is 0. The summed E-state index contributed by atoms with van der Waals surface area (Å²) in [7, 11) is -3.19. The minimum atomic E-state index is -3.19. The van der Waals surface area contributed by atoms with E-state index in [2.05, 4.69) is 45.0 Å². The molecule has 2 aromatic heterocycles. The summed E-state index contributed by atoms with van der Waals surface area (Å²) >= 11 is 0. The van der Waals surface area contributed by atoms with Crippen molar-refractivity contribution in [3.05, 3.63) is 52.9 Å². The molecule has 1 unspecified atom stereocenters. The number of allylic oxidation sites excluding steroid dienone is 1.